The Morgan fingerprint density at radius 2 is 1.70 bits per heavy atom. The number of carbonyl (C=O) groups excluding carboxylic acids is 2. The molecule has 1 saturated carbocycles. The van der Waals surface area contributed by atoms with E-state index in [4.69, 9.17) is 17.2 Å². The second-order valence-electron chi connectivity index (χ2n) is 5.24. The first-order chi connectivity index (χ1) is 9.47. The second kappa shape index (κ2) is 5.92. The number of anilines is 1. The van der Waals surface area contributed by atoms with Crippen LogP contribution in [-0.2, 0) is 0 Å². The molecule has 7 N–H and O–H groups in total. The highest BCUT2D eigenvalue weighted by molar-refractivity contribution is 6.01. The van der Waals surface area contributed by atoms with Crippen LogP contribution in [0.2, 0.25) is 0 Å². The predicted octanol–water partition coefficient (Wildman–Crippen LogP) is 0.566. The van der Waals surface area contributed by atoms with Gasteiger partial charge in [0, 0.05) is 23.3 Å². The van der Waals surface area contributed by atoms with Gasteiger partial charge in [-0.3, -0.25) is 9.59 Å². The van der Waals surface area contributed by atoms with Crippen LogP contribution < -0.4 is 22.5 Å². The monoisotopic (exact) mass is 276 g/mol. The summed E-state index contributed by atoms with van der Waals surface area (Å²) in [6.07, 6.45) is 3.75. The van der Waals surface area contributed by atoms with E-state index in [0.717, 1.165) is 25.7 Å². The number of nitrogens with one attached hydrogen (secondary N) is 1. The number of benzene rings is 1. The van der Waals surface area contributed by atoms with Gasteiger partial charge in [-0.15, -0.1) is 0 Å². The quantitative estimate of drug-likeness (QED) is 0.641. The molecule has 2 rings (SSSR count). The van der Waals surface area contributed by atoms with Gasteiger partial charge in [-0.05, 0) is 43.9 Å². The van der Waals surface area contributed by atoms with Gasteiger partial charge in [-0.1, -0.05) is 0 Å². The Labute approximate surface area is 117 Å². The minimum atomic E-state index is -0.533. The third-order valence-corrected chi connectivity index (χ3v) is 3.70. The lowest BCUT2D eigenvalue weighted by Crippen LogP contribution is -2.33. The number of hydrogen-bond acceptors (Lipinski definition) is 4. The molecule has 6 heteroatoms. The molecule has 6 nitrogen and oxygen atoms in total. The van der Waals surface area contributed by atoms with Crippen molar-refractivity contribution in [2.45, 2.75) is 37.8 Å². The van der Waals surface area contributed by atoms with Gasteiger partial charge >= 0.3 is 0 Å². The molecule has 20 heavy (non-hydrogen) atoms. The fraction of sp³-hybridized carbons (Fsp3) is 0.429. The summed E-state index contributed by atoms with van der Waals surface area (Å²) in [5.41, 5.74) is 17.8. The first kappa shape index (κ1) is 14.3. The smallest absolute Gasteiger partial charge is 0.250 e. The Bertz CT molecular complexity index is 522. The Balaban J connectivity index is 2.21. The number of hydrogen-bond donors (Lipinski definition) is 4. The lowest BCUT2D eigenvalue weighted by Gasteiger charge is -2.28. The van der Waals surface area contributed by atoms with Gasteiger partial charge in [0.15, 0.2) is 0 Å². The average molecular weight is 276 g/mol. The molecule has 1 aromatic carbocycles. The van der Waals surface area contributed by atoms with Crippen LogP contribution in [0.4, 0.5) is 5.69 Å². The maximum atomic E-state index is 11.4. The average Bonchev–Trinajstić information content (AvgIpc) is 2.41. The van der Waals surface area contributed by atoms with Crippen molar-refractivity contribution in [1.82, 2.24) is 0 Å². The topological polar surface area (TPSA) is 124 Å². The second-order valence-corrected chi connectivity index (χ2v) is 5.24. The molecule has 1 aliphatic carbocycles. The maximum absolute atomic E-state index is 11.4. The van der Waals surface area contributed by atoms with Crippen LogP contribution in [-0.4, -0.2) is 23.9 Å². The summed E-state index contributed by atoms with van der Waals surface area (Å²) in [6, 6.07) is 5.09. The zero-order valence-corrected chi connectivity index (χ0v) is 11.3. The molecule has 0 aliphatic heterocycles. The molecule has 0 heterocycles. The Morgan fingerprint density at radius 3 is 2.25 bits per heavy atom. The van der Waals surface area contributed by atoms with Crippen LogP contribution in [0, 0.1) is 0 Å². The van der Waals surface area contributed by atoms with Gasteiger partial charge in [-0.2, -0.15) is 0 Å². The SMILES string of the molecule is NC(=O)c1ccc(C(N)=O)c(NC2CCC(N)CC2)c1. The van der Waals surface area contributed by atoms with E-state index in [1.807, 2.05) is 0 Å². The molecule has 0 spiro atoms. The van der Waals surface area contributed by atoms with Crippen LogP contribution in [0.3, 0.4) is 0 Å². The molecule has 0 aromatic heterocycles. The third kappa shape index (κ3) is 3.27. The summed E-state index contributed by atoms with van der Waals surface area (Å²) >= 11 is 0. The number of primary amides is 2. The van der Waals surface area contributed by atoms with E-state index < -0.39 is 11.8 Å². The molecule has 0 bridgehead atoms. The van der Waals surface area contributed by atoms with Crippen molar-refractivity contribution in [3.8, 4) is 0 Å². The Morgan fingerprint density at radius 1 is 1.05 bits per heavy atom. The fourth-order valence-electron chi connectivity index (χ4n) is 2.52. The molecule has 108 valence electrons. The molecular weight excluding hydrogens is 256 g/mol. The number of carbonyl (C=O) groups is 2. The minimum Gasteiger partial charge on any atom is -0.382 e. The highest BCUT2D eigenvalue weighted by Crippen LogP contribution is 2.24. The summed E-state index contributed by atoms with van der Waals surface area (Å²) in [7, 11) is 0. The molecule has 0 radical (unpaired) electrons. The maximum Gasteiger partial charge on any atom is 0.250 e. The van der Waals surface area contributed by atoms with Crippen molar-refractivity contribution in [3.63, 3.8) is 0 Å². The number of amides is 2. The molecule has 0 unspecified atom stereocenters. The van der Waals surface area contributed by atoms with Gasteiger partial charge < -0.3 is 22.5 Å². The van der Waals surface area contributed by atoms with Crippen LogP contribution >= 0.6 is 0 Å². The van der Waals surface area contributed by atoms with Crippen molar-refractivity contribution in [3.05, 3.63) is 29.3 Å². The van der Waals surface area contributed by atoms with Crippen molar-refractivity contribution >= 4 is 17.5 Å². The van der Waals surface area contributed by atoms with E-state index in [9.17, 15) is 9.59 Å². The van der Waals surface area contributed by atoms with E-state index >= 15 is 0 Å². The molecule has 1 aliphatic rings. The normalized spacial score (nSPS) is 22.2. The molecule has 0 atom stereocenters. The summed E-state index contributed by atoms with van der Waals surface area (Å²) < 4.78 is 0. The summed E-state index contributed by atoms with van der Waals surface area (Å²) in [5.74, 6) is -1.06. The van der Waals surface area contributed by atoms with E-state index in [2.05, 4.69) is 5.32 Å². The zero-order valence-electron chi connectivity index (χ0n) is 11.3. The van der Waals surface area contributed by atoms with Gasteiger partial charge in [0.1, 0.15) is 0 Å². The Kier molecular flexibility index (Phi) is 4.24. The first-order valence-corrected chi connectivity index (χ1v) is 6.73. The van der Waals surface area contributed by atoms with Gasteiger partial charge in [0.05, 0.1) is 5.56 Å². The van der Waals surface area contributed by atoms with Gasteiger partial charge in [0.25, 0.3) is 5.91 Å². The number of rotatable bonds is 4. The van der Waals surface area contributed by atoms with E-state index in [0.29, 0.717) is 16.8 Å². The van der Waals surface area contributed by atoms with Crippen LogP contribution in [0.25, 0.3) is 0 Å². The van der Waals surface area contributed by atoms with Crippen molar-refractivity contribution in [1.29, 1.82) is 0 Å². The molecule has 2 amide bonds. The Hall–Kier alpha value is -2.08. The third-order valence-electron chi connectivity index (χ3n) is 3.70. The predicted molar refractivity (Wildman–Crippen MR) is 77.3 cm³/mol. The first-order valence-electron chi connectivity index (χ1n) is 6.73. The molecule has 0 saturated heterocycles. The summed E-state index contributed by atoms with van der Waals surface area (Å²) in [6.45, 7) is 0. The molecular formula is C14H20N4O2. The van der Waals surface area contributed by atoms with Crippen LogP contribution in [0.15, 0.2) is 18.2 Å². The largest absolute Gasteiger partial charge is 0.382 e. The molecule has 1 aromatic rings. The number of nitrogens with two attached hydrogens (primary N) is 3. The minimum absolute atomic E-state index is 0.232. The highest BCUT2D eigenvalue weighted by Gasteiger charge is 2.20. The fourth-order valence-corrected chi connectivity index (χ4v) is 2.52. The zero-order chi connectivity index (χ0) is 14.7. The van der Waals surface area contributed by atoms with Crippen molar-refractivity contribution in [2.75, 3.05) is 5.32 Å². The van der Waals surface area contributed by atoms with Crippen LogP contribution in [0.1, 0.15) is 46.4 Å². The molecule has 1 fully saturated rings. The van der Waals surface area contributed by atoms with Crippen LogP contribution in [0.5, 0.6) is 0 Å². The summed E-state index contributed by atoms with van der Waals surface area (Å²) in [5, 5.41) is 3.28. The lowest BCUT2D eigenvalue weighted by molar-refractivity contribution is 0.0989. The van der Waals surface area contributed by atoms with Gasteiger partial charge in [-0.25, -0.2) is 0 Å². The summed E-state index contributed by atoms with van der Waals surface area (Å²) in [4.78, 5) is 22.7. The van der Waals surface area contributed by atoms with E-state index in [1.54, 1.807) is 6.07 Å². The standard InChI is InChI=1S/C14H20N4O2/c15-9-2-4-10(5-3-9)18-12-7-8(13(16)19)1-6-11(12)14(17)20/h1,6-7,9-10,18H,2-5,15H2,(H2,16,19)(H2,17,20). The lowest BCUT2D eigenvalue weighted by atomic mass is 9.91. The van der Waals surface area contributed by atoms with Gasteiger partial charge in [0.2, 0.25) is 5.91 Å². The highest BCUT2D eigenvalue weighted by atomic mass is 16.1. The van der Waals surface area contributed by atoms with E-state index in [1.165, 1.54) is 12.1 Å². The van der Waals surface area contributed by atoms with Crippen molar-refractivity contribution < 1.29 is 9.59 Å². The van der Waals surface area contributed by atoms with Crippen molar-refractivity contribution in [2.24, 2.45) is 17.2 Å². The van der Waals surface area contributed by atoms with E-state index in [-0.39, 0.29) is 12.1 Å².